The summed E-state index contributed by atoms with van der Waals surface area (Å²) in [7, 11) is 1.39. The van der Waals surface area contributed by atoms with Gasteiger partial charge in [-0.25, -0.2) is 13.2 Å². The minimum absolute atomic E-state index is 0.00186. The monoisotopic (exact) mass is 364 g/mol. The van der Waals surface area contributed by atoms with E-state index in [4.69, 9.17) is 0 Å². The number of amides is 1. The van der Waals surface area contributed by atoms with Gasteiger partial charge in [0.15, 0.2) is 0 Å². The van der Waals surface area contributed by atoms with E-state index in [2.05, 4.69) is 0 Å². The molecule has 0 spiro atoms. The van der Waals surface area contributed by atoms with Crippen molar-refractivity contribution in [3.63, 3.8) is 0 Å². The van der Waals surface area contributed by atoms with Crippen LogP contribution in [0.15, 0.2) is 42.5 Å². The molecule has 1 amide bonds. The van der Waals surface area contributed by atoms with E-state index >= 15 is 0 Å². The Morgan fingerprint density at radius 3 is 2.42 bits per heavy atom. The Morgan fingerprint density at radius 2 is 1.77 bits per heavy atom. The average Bonchev–Trinajstić information content (AvgIpc) is 2.60. The molecule has 0 aliphatic carbocycles. The highest BCUT2D eigenvalue weighted by atomic mass is 19.1. The van der Waals surface area contributed by atoms with Gasteiger partial charge < -0.3 is 4.90 Å². The summed E-state index contributed by atoms with van der Waals surface area (Å²) in [5.41, 5.74) is -0.439. The largest absolute Gasteiger partial charge is 0.335 e. The first-order valence-corrected chi connectivity index (χ1v) is 7.54. The van der Waals surface area contributed by atoms with Crippen LogP contribution in [0.1, 0.15) is 24.1 Å². The summed E-state index contributed by atoms with van der Waals surface area (Å²) in [6.07, 6.45) is 2.22. The minimum Gasteiger partial charge on any atom is -0.335 e. The molecular formula is C18H15F3N2O3. The summed E-state index contributed by atoms with van der Waals surface area (Å²) >= 11 is 0. The Morgan fingerprint density at radius 1 is 1.15 bits per heavy atom. The molecular weight excluding hydrogens is 349 g/mol. The van der Waals surface area contributed by atoms with Crippen molar-refractivity contribution in [2.45, 2.75) is 13.0 Å². The molecule has 0 radical (unpaired) electrons. The van der Waals surface area contributed by atoms with E-state index < -0.39 is 40.0 Å². The molecule has 0 bridgehead atoms. The highest BCUT2D eigenvalue weighted by Crippen LogP contribution is 2.24. The van der Waals surface area contributed by atoms with Gasteiger partial charge in [0.1, 0.15) is 17.5 Å². The van der Waals surface area contributed by atoms with Crippen LogP contribution in [-0.2, 0) is 4.79 Å². The lowest BCUT2D eigenvalue weighted by molar-refractivity contribution is -0.385. The van der Waals surface area contributed by atoms with Crippen molar-refractivity contribution in [1.82, 2.24) is 4.90 Å². The van der Waals surface area contributed by atoms with E-state index in [9.17, 15) is 28.1 Å². The number of likely N-dealkylation sites (N-methyl/N-ethyl adjacent to an activating group) is 1. The summed E-state index contributed by atoms with van der Waals surface area (Å²) in [5.74, 6) is -2.64. The molecule has 0 saturated carbocycles. The van der Waals surface area contributed by atoms with Crippen molar-refractivity contribution in [3.05, 3.63) is 81.2 Å². The standard InChI is InChI=1S/C18H15F3N2O3/c1-11(15-9-13(19)6-7-16(15)21)22(2)18(24)8-4-12-3-5-14(20)10-17(12)23(25)26/h3-11H,1-2H3. The van der Waals surface area contributed by atoms with Crippen LogP contribution >= 0.6 is 0 Å². The van der Waals surface area contributed by atoms with Gasteiger partial charge in [0.25, 0.3) is 5.69 Å². The summed E-state index contributed by atoms with van der Waals surface area (Å²) in [6.45, 7) is 1.52. The third-order valence-electron chi connectivity index (χ3n) is 3.93. The molecule has 2 aromatic carbocycles. The number of nitro groups is 1. The fraction of sp³-hybridized carbons (Fsp3) is 0.167. The first-order valence-electron chi connectivity index (χ1n) is 7.54. The first kappa shape index (κ1) is 19.2. The Hall–Kier alpha value is -3.16. The molecule has 0 heterocycles. The lowest BCUT2D eigenvalue weighted by Gasteiger charge is -2.24. The quantitative estimate of drug-likeness (QED) is 0.453. The molecule has 136 valence electrons. The highest BCUT2D eigenvalue weighted by molar-refractivity contribution is 5.92. The van der Waals surface area contributed by atoms with E-state index in [1.165, 1.54) is 26.1 Å². The third-order valence-corrected chi connectivity index (χ3v) is 3.93. The molecule has 0 aliphatic heterocycles. The van der Waals surface area contributed by atoms with E-state index in [1.54, 1.807) is 0 Å². The molecule has 2 rings (SSSR count). The van der Waals surface area contributed by atoms with Crippen molar-refractivity contribution in [2.75, 3.05) is 7.05 Å². The van der Waals surface area contributed by atoms with Crippen molar-refractivity contribution in [3.8, 4) is 0 Å². The van der Waals surface area contributed by atoms with Gasteiger partial charge in [-0.3, -0.25) is 14.9 Å². The molecule has 1 atom stereocenters. The summed E-state index contributed by atoms with van der Waals surface area (Å²) in [4.78, 5) is 23.6. The van der Waals surface area contributed by atoms with Crippen molar-refractivity contribution < 1.29 is 22.9 Å². The van der Waals surface area contributed by atoms with Crippen LogP contribution in [0, 0.1) is 27.6 Å². The average molecular weight is 364 g/mol. The van der Waals surface area contributed by atoms with Gasteiger partial charge >= 0.3 is 0 Å². The zero-order chi connectivity index (χ0) is 19.4. The number of carbonyl (C=O) groups excluding carboxylic acids is 1. The Bertz CT molecular complexity index is 884. The predicted octanol–water partition coefficient (Wildman–Crippen LogP) is 4.24. The molecule has 5 nitrogen and oxygen atoms in total. The lowest BCUT2D eigenvalue weighted by Crippen LogP contribution is -2.28. The Kier molecular flexibility index (Phi) is 5.76. The fourth-order valence-electron chi connectivity index (χ4n) is 2.33. The van der Waals surface area contributed by atoms with Crippen LogP contribution in [0.25, 0.3) is 6.08 Å². The Balaban J connectivity index is 2.23. The van der Waals surface area contributed by atoms with Gasteiger partial charge in [-0.15, -0.1) is 0 Å². The second kappa shape index (κ2) is 7.81. The van der Waals surface area contributed by atoms with Crippen LogP contribution in [0.4, 0.5) is 18.9 Å². The van der Waals surface area contributed by atoms with Crippen molar-refractivity contribution in [2.24, 2.45) is 0 Å². The number of hydrogen-bond donors (Lipinski definition) is 0. The second-order valence-corrected chi connectivity index (χ2v) is 5.58. The number of nitrogens with zero attached hydrogens (tertiary/aromatic N) is 2. The molecule has 0 aromatic heterocycles. The van der Waals surface area contributed by atoms with Gasteiger partial charge in [-0.2, -0.15) is 0 Å². The molecule has 0 saturated heterocycles. The molecule has 0 fully saturated rings. The summed E-state index contributed by atoms with van der Waals surface area (Å²) < 4.78 is 40.3. The number of halogens is 3. The van der Waals surface area contributed by atoms with Gasteiger partial charge in [0.05, 0.1) is 22.6 Å². The molecule has 2 aromatic rings. The van der Waals surface area contributed by atoms with E-state index in [0.29, 0.717) is 0 Å². The number of rotatable bonds is 5. The van der Waals surface area contributed by atoms with Crippen LogP contribution in [0.3, 0.4) is 0 Å². The SMILES string of the molecule is CC(c1cc(F)ccc1F)N(C)C(=O)C=Cc1ccc(F)cc1[N+](=O)[O-]. The minimum atomic E-state index is -0.772. The van der Waals surface area contributed by atoms with Crippen LogP contribution < -0.4 is 0 Å². The van der Waals surface area contributed by atoms with Gasteiger partial charge in [0.2, 0.25) is 5.91 Å². The molecule has 8 heteroatoms. The zero-order valence-corrected chi connectivity index (χ0v) is 13.9. The maximum atomic E-state index is 13.8. The van der Waals surface area contributed by atoms with E-state index in [0.717, 1.165) is 41.3 Å². The summed E-state index contributed by atoms with van der Waals surface area (Å²) in [6, 6.07) is 5.12. The maximum Gasteiger partial charge on any atom is 0.279 e. The molecule has 0 N–H and O–H groups in total. The maximum absolute atomic E-state index is 13.8. The smallest absolute Gasteiger partial charge is 0.279 e. The number of nitro benzene ring substituents is 1. The lowest BCUT2D eigenvalue weighted by atomic mass is 10.1. The van der Waals surface area contributed by atoms with E-state index in [-0.39, 0.29) is 11.1 Å². The van der Waals surface area contributed by atoms with Gasteiger partial charge in [-0.05, 0) is 43.3 Å². The molecule has 26 heavy (non-hydrogen) atoms. The predicted molar refractivity (Wildman–Crippen MR) is 89.6 cm³/mol. The zero-order valence-electron chi connectivity index (χ0n) is 13.9. The highest BCUT2D eigenvalue weighted by Gasteiger charge is 2.20. The second-order valence-electron chi connectivity index (χ2n) is 5.58. The number of carbonyl (C=O) groups is 1. The van der Waals surface area contributed by atoms with Crippen LogP contribution in [0.2, 0.25) is 0 Å². The normalized spacial score (nSPS) is 12.2. The number of benzene rings is 2. The van der Waals surface area contributed by atoms with E-state index in [1.807, 2.05) is 0 Å². The summed E-state index contributed by atoms with van der Waals surface area (Å²) in [5, 5.41) is 10.9. The topological polar surface area (TPSA) is 63.5 Å². The fourth-order valence-corrected chi connectivity index (χ4v) is 2.33. The molecule has 1 unspecified atom stereocenters. The van der Waals surface area contributed by atoms with Crippen LogP contribution in [-0.4, -0.2) is 22.8 Å². The first-order chi connectivity index (χ1) is 12.2. The van der Waals surface area contributed by atoms with Crippen molar-refractivity contribution in [1.29, 1.82) is 0 Å². The van der Waals surface area contributed by atoms with Crippen molar-refractivity contribution >= 4 is 17.7 Å². The third kappa shape index (κ3) is 4.27. The van der Waals surface area contributed by atoms with Gasteiger partial charge in [0, 0.05) is 18.7 Å². The molecule has 0 aliphatic rings. The van der Waals surface area contributed by atoms with Gasteiger partial charge in [-0.1, -0.05) is 0 Å². The Labute approximate surface area is 147 Å². The number of hydrogen-bond acceptors (Lipinski definition) is 3. The van der Waals surface area contributed by atoms with Crippen LogP contribution in [0.5, 0.6) is 0 Å².